The van der Waals surface area contributed by atoms with Gasteiger partial charge in [-0.25, -0.2) is 4.57 Å². The Morgan fingerprint density at radius 2 is 2.15 bits per heavy atom. The highest BCUT2D eigenvalue weighted by atomic mass is 16.3. The molecule has 70 valence electrons. The summed E-state index contributed by atoms with van der Waals surface area (Å²) in [6, 6.07) is 3.46. The molecule has 0 aliphatic carbocycles. The zero-order chi connectivity index (χ0) is 9.68. The van der Waals surface area contributed by atoms with Crippen LogP contribution in [0.2, 0.25) is 0 Å². The Morgan fingerprint density at radius 1 is 1.54 bits per heavy atom. The lowest BCUT2D eigenvalue weighted by atomic mass is 10.2. The molecule has 0 fully saturated rings. The average molecular weight is 181 g/mol. The van der Waals surface area contributed by atoms with Gasteiger partial charge in [0, 0.05) is 18.7 Å². The lowest BCUT2D eigenvalue weighted by Gasteiger charge is -2.00. The average Bonchev–Trinajstić information content (AvgIpc) is 2.15. The molecule has 2 N–H and O–H groups in total. The van der Waals surface area contributed by atoms with Gasteiger partial charge in [-0.3, -0.25) is 4.79 Å². The fourth-order valence-electron chi connectivity index (χ4n) is 0.924. The normalized spacial score (nSPS) is 9.69. The van der Waals surface area contributed by atoms with Gasteiger partial charge in [-0.1, -0.05) is 0 Å². The van der Waals surface area contributed by atoms with E-state index in [-0.39, 0.29) is 12.5 Å². The van der Waals surface area contributed by atoms with Gasteiger partial charge in [-0.05, 0) is 0 Å². The standard InChI is InChI=1S/C9H12N2O2/c1-11-5-2-8(3-6-11)9(13)10-4-7-12/h2-3,5-6,12H,4,7H2,1H3/p+1. The molecule has 13 heavy (non-hydrogen) atoms. The highest BCUT2D eigenvalue weighted by molar-refractivity contribution is 5.93. The Hall–Kier alpha value is -1.42. The van der Waals surface area contributed by atoms with E-state index in [1.807, 2.05) is 11.6 Å². The number of nitrogens with zero attached hydrogens (tertiary/aromatic N) is 1. The maximum Gasteiger partial charge on any atom is 0.251 e. The lowest BCUT2D eigenvalue weighted by molar-refractivity contribution is -0.671. The van der Waals surface area contributed by atoms with Gasteiger partial charge in [0.25, 0.3) is 5.91 Å². The first-order chi connectivity index (χ1) is 6.24. The van der Waals surface area contributed by atoms with Crippen LogP contribution in [-0.2, 0) is 7.05 Å². The number of carbonyl (C=O) groups excluding carboxylic acids is 1. The fourth-order valence-corrected chi connectivity index (χ4v) is 0.924. The number of aliphatic hydroxyl groups excluding tert-OH is 1. The van der Waals surface area contributed by atoms with Gasteiger partial charge >= 0.3 is 0 Å². The second-order valence-electron chi connectivity index (χ2n) is 2.73. The van der Waals surface area contributed by atoms with Crippen molar-refractivity contribution in [1.82, 2.24) is 5.32 Å². The number of hydrogen-bond donors (Lipinski definition) is 2. The summed E-state index contributed by atoms with van der Waals surface area (Å²) in [5, 5.41) is 11.1. The van der Waals surface area contributed by atoms with E-state index < -0.39 is 0 Å². The third-order valence-electron chi connectivity index (χ3n) is 1.64. The van der Waals surface area contributed by atoms with Gasteiger partial charge < -0.3 is 10.4 Å². The highest BCUT2D eigenvalue weighted by Gasteiger charge is 2.04. The number of amides is 1. The smallest absolute Gasteiger partial charge is 0.251 e. The number of carbonyl (C=O) groups is 1. The predicted molar refractivity (Wildman–Crippen MR) is 47.0 cm³/mol. The molecular weight excluding hydrogens is 168 g/mol. The summed E-state index contributed by atoms with van der Waals surface area (Å²) in [5.41, 5.74) is 0.603. The molecule has 1 aromatic rings. The van der Waals surface area contributed by atoms with E-state index in [9.17, 15) is 4.79 Å². The van der Waals surface area contributed by atoms with Crippen molar-refractivity contribution in [3.05, 3.63) is 30.1 Å². The number of aromatic nitrogens is 1. The molecular formula is C9H13N2O2+. The van der Waals surface area contributed by atoms with Gasteiger partial charge in [-0.2, -0.15) is 0 Å². The molecule has 1 heterocycles. The molecule has 0 aliphatic rings. The SMILES string of the molecule is C[n+]1ccc(C(=O)NCCO)cc1. The Bertz CT molecular complexity index is 282. The lowest BCUT2D eigenvalue weighted by Crippen LogP contribution is -2.30. The maximum atomic E-state index is 11.3. The third-order valence-corrected chi connectivity index (χ3v) is 1.64. The molecule has 0 saturated heterocycles. The van der Waals surface area contributed by atoms with Crippen molar-refractivity contribution in [2.24, 2.45) is 7.05 Å². The molecule has 0 aromatic carbocycles. The van der Waals surface area contributed by atoms with Crippen LogP contribution < -0.4 is 9.88 Å². The van der Waals surface area contributed by atoms with Crippen LogP contribution in [0.5, 0.6) is 0 Å². The minimum atomic E-state index is -0.158. The molecule has 0 spiro atoms. The molecule has 0 unspecified atom stereocenters. The van der Waals surface area contributed by atoms with Crippen molar-refractivity contribution >= 4 is 5.91 Å². The van der Waals surface area contributed by atoms with E-state index in [0.29, 0.717) is 12.1 Å². The summed E-state index contributed by atoms with van der Waals surface area (Å²) in [6.07, 6.45) is 3.60. The topological polar surface area (TPSA) is 53.2 Å². The van der Waals surface area contributed by atoms with Gasteiger partial charge in [0.15, 0.2) is 12.4 Å². The highest BCUT2D eigenvalue weighted by Crippen LogP contribution is 1.93. The fraction of sp³-hybridized carbons (Fsp3) is 0.333. The van der Waals surface area contributed by atoms with Crippen LogP contribution >= 0.6 is 0 Å². The molecule has 1 rings (SSSR count). The van der Waals surface area contributed by atoms with Crippen molar-refractivity contribution in [2.75, 3.05) is 13.2 Å². The Labute approximate surface area is 76.8 Å². The van der Waals surface area contributed by atoms with Crippen LogP contribution in [0.1, 0.15) is 10.4 Å². The number of pyridine rings is 1. The van der Waals surface area contributed by atoms with Crippen molar-refractivity contribution in [3.63, 3.8) is 0 Å². The molecule has 0 bridgehead atoms. The van der Waals surface area contributed by atoms with Crippen LogP contribution in [0, 0.1) is 0 Å². The summed E-state index contributed by atoms with van der Waals surface area (Å²) >= 11 is 0. The largest absolute Gasteiger partial charge is 0.395 e. The molecule has 0 aliphatic heterocycles. The van der Waals surface area contributed by atoms with Gasteiger partial charge in [0.1, 0.15) is 7.05 Å². The molecule has 4 heteroatoms. The second-order valence-corrected chi connectivity index (χ2v) is 2.73. The first kappa shape index (κ1) is 9.67. The number of aliphatic hydroxyl groups is 1. The zero-order valence-corrected chi connectivity index (χ0v) is 7.53. The Morgan fingerprint density at radius 3 is 2.69 bits per heavy atom. The van der Waals surface area contributed by atoms with E-state index in [0.717, 1.165) is 0 Å². The first-order valence-electron chi connectivity index (χ1n) is 4.08. The van der Waals surface area contributed by atoms with Crippen LogP contribution in [0.4, 0.5) is 0 Å². The number of hydrogen-bond acceptors (Lipinski definition) is 2. The van der Waals surface area contributed by atoms with Gasteiger partial charge in [-0.15, -0.1) is 0 Å². The monoisotopic (exact) mass is 181 g/mol. The van der Waals surface area contributed by atoms with Crippen LogP contribution in [0.3, 0.4) is 0 Å². The first-order valence-corrected chi connectivity index (χ1v) is 4.08. The molecule has 1 amide bonds. The molecule has 0 saturated carbocycles. The van der Waals surface area contributed by atoms with E-state index in [2.05, 4.69) is 5.32 Å². The maximum absolute atomic E-state index is 11.3. The van der Waals surface area contributed by atoms with Crippen molar-refractivity contribution in [1.29, 1.82) is 0 Å². The zero-order valence-electron chi connectivity index (χ0n) is 7.53. The minimum absolute atomic E-state index is 0.0354. The van der Waals surface area contributed by atoms with Crippen molar-refractivity contribution in [3.8, 4) is 0 Å². The van der Waals surface area contributed by atoms with Crippen LogP contribution in [0.25, 0.3) is 0 Å². The third kappa shape index (κ3) is 2.83. The van der Waals surface area contributed by atoms with E-state index in [1.54, 1.807) is 24.5 Å². The summed E-state index contributed by atoms with van der Waals surface area (Å²) in [7, 11) is 1.88. The summed E-state index contributed by atoms with van der Waals surface area (Å²) in [4.78, 5) is 11.3. The quantitative estimate of drug-likeness (QED) is 0.602. The van der Waals surface area contributed by atoms with Crippen molar-refractivity contribution < 1.29 is 14.5 Å². The van der Waals surface area contributed by atoms with Crippen LogP contribution in [0.15, 0.2) is 24.5 Å². The molecule has 4 nitrogen and oxygen atoms in total. The van der Waals surface area contributed by atoms with Crippen molar-refractivity contribution in [2.45, 2.75) is 0 Å². The number of aryl methyl sites for hydroxylation is 1. The summed E-state index contributed by atoms with van der Waals surface area (Å²) in [5.74, 6) is -0.158. The van der Waals surface area contributed by atoms with Gasteiger partial charge in [0.2, 0.25) is 0 Å². The second kappa shape index (κ2) is 4.57. The van der Waals surface area contributed by atoms with E-state index >= 15 is 0 Å². The number of nitrogens with one attached hydrogen (secondary N) is 1. The predicted octanol–water partition coefficient (Wildman–Crippen LogP) is -0.767. The Balaban J connectivity index is 2.61. The molecule has 0 radical (unpaired) electrons. The van der Waals surface area contributed by atoms with E-state index in [4.69, 9.17) is 5.11 Å². The van der Waals surface area contributed by atoms with Gasteiger partial charge in [0.05, 0.1) is 12.2 Å². The molecule has 0 atom stereocenters. The summed E-state index contributed by atoms with van der Waals surface area (Å²) < 4.78 is 1.85. The minimum Gasteiger partial charge on any atom is -0.395 e. The summed E-state index contributed by atoms with van der Waals surface area (Å²) in [6.45, 7) is 0.256. The number of rotatable bonds is 3. The van der Waals surface area contributed by atoms with Crippen LogP contribution in [-0.4, -0.2) is 24.2 Å². The molecule has 1 aromatic heterocycles. The van der Waals surface area contributed by atoms with E-state index in [1.165, 1.54) is 0 Å². The Kier molecular flexibility index (Phi) is 3.40.